The molecule has 0 aliphatic heterocycles. The van der Waals surface area contributed by atoms with Gasteiger partial charge in [0.2, 0.25) is 0 Å². The number of rotatable bonds is 7. The van der Waals surface area contributed by atoms with Crippen molar-refractivity contribution in [1.82, 2.24) is 0 Å². The van der Waals surface area contributed by atoms with Gasteiger partial charge in [-0.05, 0) is 12.8 Å². The molecule has 0 radical (unpaired) electrons. The van der Waals surface area contributed by atoms with Crippen molar-refractivity contribution in [2.24, 2.45) is 0 Å². The Labute approximate surface area is 86.8 Å². The van der Waals surface area contributed by atoms with Crippen LogP contribution in [0.2, 0.25) is 0 Å². The second-order valence-electron chi connectivity index (χ2n) is 3.89. The van der Waals surface area contributed by atoms with Gasteiger partial charge < -0.3 is 4.52 Å². The van der Waals surface area contributed by atoms with Crippen molar-refractivity contribution in [2.45, 2.75) is 65.1 Å². The van der Waals surface area contributed by atoms with E-state index in [1.165, 1.54) is 0 Å². The Kier molecular flexibility index (Phi) is 6.63. The molecule has 14 heavy (non-hydrogen) atoms. The van der Waals surface area contributed by atoms with Crippen LogP contribution in [-0.2, 0) is 9.09 Å². The second-order valence-corrected chi connectivity index (χ2v) is 6.18. The zero-order valence-electron chi connectivity index (χ0n) is 9.62. The molecule has 0 fully saturated rings. The second kappa shape index (κ2) is 6.58. The molecular formula is C10H22FO2P. The molecule has 0 amide bonds. The summed E-state index contributed by atoms with van der Waals surface area (Å²) in [6.07, 6.45) is 3.39. The highest BCUT2D eigenvalue weighted by molar-refractivity contribution is 7.54. The topological polar surface area (TPSA) is 26.3 Å². The SMILES string of the molecule is CCCCC(CC)OP(=O)(F)C(C)C. The van der Waals surface area contributed by atoms with Crippen molar-refractivity contribution in [3.63, 3.8) is 0 Å². The van der Waals surface area contributed by atoms with E-state index in [0.29, 0.717) is 0 Å². The molecule has 86 valence electrons. The van der Waals surface area contributed by atoms with Gasteiger partial charge in [-0.25, -0.2) is 0 Å². The summed E-state index contributed by atoms with van der Waals surface area (Å²) in [6, 6.07) is 0. The van der Waals surface area contributed by atoms with Gasteiger partial charge in [0, 0.05) is 0 Å². The summed E-state index contributed by atoms with van der Waals surface area (Å²) in [7, 11) is -3.88. The molecule has 0 aromatic heterocycles. The van der Waals surface area contributed by atoms with Crippen LogP contribution >= 0.6 is 7.68 Å². The fraction of sp³-hybridized carbons (Fsp3) is 1.00. The average molecular weight is 224 g/mol. The Morgan fingerprint density at radius 1 is 1.36 bits per heavy atom. The number of unbranched alkanes of at least 4 members (excludes halogenated alkanes) is 1. The van der Waals surface area contributed by atoms with Gasteiger partial charge in [0.05, 0.1) is 11.8 Å². The van der Waals surface area contributed by atoms with Crippen LogP contribution in [0.1, 0.15) is 53.4 Å². The standard InChI is InChI=1S/C10H22FO2P/c1-5-7-8-10(6-2)13-14(11,12)9(3)4/h9-10H,5-8H2,1-4H3. The van der Waals surface area contributed by atoms with Gasteiger partial charge in [0.25, 0.3) is 0 Å². The highest BCUT2D eigenvalue weighted by atomic mass is 31.2. The summed E-state index contributed by atoms with van der Waals surface area (Å²) in [6.45, 7) is 7.19. The highest BCUT2D eigenvalue weighted by Crippen LogP contribution is 2.54. The van der Waals surface area contributed by atoms with E-state index in [2.05, 4.69) is 6.92 Å². The van der Waals surface area contributed by atoms with Crippen LogP contribution in [0.15, 0.2) is 0 Å². The fourth-order valence-corrected chi connectivity index (χ4v) is 1.99. The fourth-order valence-electron chi connectivity index (χ4n) is 1.09. The van der Waals surface area contributed by atoms with E-state index in [9.17, 15) is 8.76 Å². The maximum Gasteiger partial charge on any atom is 0.370 e. The molecule has 0 aromatic carbocycles. The van der Waals surface area contributed by atoms with Gasteiger partial charge in [0.1, 0.15) is 0 Å². The summed E-state index contributed by atoms with van der Waals surface area (Å²) >= 11 is 0. The highest BCUT2D eigenvalue weighted by Gasteiger charge is 2.30. The molecule has 0 rings (SSSR count). The Bertz CT molecular complexity index is 195. The normalized spacial score (nSPS) is 18.1. The Hall–Kier alpha value is 0.120. The minimum absolute atomic E-state index is 0.187. The summed E-state index contributed by atoms with van der Waals surface area (Å²) < 4.78 is 29.8. The van der Waals surface area contributed by atoms with E-state index in [-0.39, 0.29) is 6.10 Å². The van der Waals surface area contributed by atoms with Gasteiger partial charge in [-0.15, -0.1) is 0 Å². The third-order valence-electron chi connectivity index (χ3n) is 2.24. The van der Waals surface area contributed by atoms with Crippen molar-refractivity contribution in [1.29, 1.82) is 0 Å². The quantitative estimate of drug-likeness (QED) is 0.593. The maximum absolute atomic E-state index is 13.4. The summed E-state index contributed by atoms with van der Waals surface area (Å²) in [5.74, 6) is 0. The van der Waals surface area contributed by atoms with E-state index < -0.39 is 13.3 Å². The molecule has 0 N–H and O–H groups in total. The van der Waals surface area contributed by atoms with E-state index in [0.717, 1.165) is 25.7 Å². The van der Waals surface area contributed by atoms with E-state index >= 15 is 0 Å². The number of halogens is 1. The summed E-state index contributed by atoms with van der Waals surface area (Å²) in [5.41, 5.74) is -0.529. The Morgan fingerprint density at radius 3 is 2.29 bits per heavy atom. The summed E-state index contributed by atoms with van der Waals surface area (Å²) in [5, 5.41) is 0. The minimum atomic E-state index is -3.88. The van der Waals surface area contributed by atoms with Crippen LogP contribution in [0.25, 0.3) is 0 Å². The number of hydrogen-bond acceptors (Lipinski definition) is 2. The third-order valence-corrected chi connectivity index (χ3v) is 4.06. The zero-order chi connectivity index (χ0) is 11.2. The van der Waals surface area contributed by atoms with Crippen LogP contribution in [0.5, 0.6) is 0 Å². The first-order chi connectivity index (χ1) is 6.44. The molecule has 0 spiro atoms. The third kappa shape index (κ3) is 5.11. The van der Waals surface area contributed by atoms with Crippen molar-refractivity contribution < 1.29 is 13.3 Å². The van der Waals surface area contributed by atoms with Gasteiger partial charge in [-0.1, -0.05) is 40.5 Å². The van der Waals surface area contributed by atoms with Gasteiger partial charge in [-0.3, -0.25) is 4.57 Å². The Balaban J connectivity index is 4.10. The lowest BCUT2D eigenvalue weighted by Crippen LogP contribution is -2.11. The lowest BCUT2D eigenvalue weighted by atomic mass is 10.1. The Morgan fingerprint density at radius 2 is 1.93 bits per heavy atom. The molecule has 4 heteroatoms. The summed E-state index contributed by atoms with van der Waals surface area (Å²) in [4.78, 5) is 0. The average Bonchev–Trinajstić information content (AvgIpc) is 2.11. The van der Waals surface area contributed by atoms with Crippen molar-refractivity contribution in [3.05, 3.63) is 0 Å². The molecule has 0 aliphatic rings. The smallest absolute Gasteiger partial charge is 0.302 e. The van der Waals surface area contributed by atoms with Crippen molar-refractivity contribution in [3.8, 4) is 0 Å². The van der Waals surface area contributed by atoms with Crippen LogP contribution < -0.4 is 0 Å². The van der Waals surface area contributed by atoms with E-state index in [1.807, 2.05) is 6.92 Å². The van der Waals surface area contributed by atoms with Crippen LogP contribution in [-0.4, -0.2) is 11.8 Å². The van der Waals surface area contributed by atoms with Gasteiger partial charge in [-0.2, -0.15) is 4.20 Å². The molecule has 0 saturated carbocycles. The first-order valence-corrected chi connectivity index (χ1v) is 7.00. The zero-order valence-corrected chi connectivity index (χ0v) is 10.5. The molecule has 2 unspecified atom stereocenters. The predicted octanol–water partition coefficient (Wildman–Crippen LogP) is 4.54. The monoisotopic (exact) mass is 224 g/mol. The molecule has 0 bridgehead atoms. The van der Waals surface area contributed by atoms with Gasteiger partial charge >= 0.3 is 7.68 Å². The maximum atomic E-state index is 13.4. The molecule has 2 nitrogen and oxygen atoms in total. The van der Waals surface area contributed by atoms with Gasteiger partial charge in [0.15, 0.2) is 0 Å². The van der Waals surface area contributed by atoms with Crippen molar-refractivity contribution >= 4 is 7.68 Å². The largest absolute Gasteiger partial charge is 0.370 e. The minimum Gasteiger partial charge on any atom is -0.302 e. The van der Waals surface area contributed by atoms with E-state index in [4.69, 9.17) is 4.52 Å². The first kappa shape index (κ1) is 14.1. The first-order valence-electron chi connectivity index (χ1n) is 5.41. The van der Waals surface area contributed by atoms with Crippen LogP contribution in [0.3, 0.4) is 0 Å². The molecule has 0 saturated heterocycles. The lowest BCUT2D eigenvalue weighted by molar-refractivity contribution is 0.169. The lowest BCUT2D eigenvalue weighted by Gasteiger charge is -2.20. The van der Waals surface area contributed by atoms with Crippen molar-refractivity contribution in [2.75, 3.05) is 0 Å². The predicted molar refractivity (Wildman–Crippen MR) is 58.5 cm³/mol. The van der Waals surface area contributed by atoms with Crippen LogP contribution in [0.4, 0.5) is 4.20 Å². The van der Waals surface area contributed by atoms with Crippen LogP contribution in [0, 0.1) is 0 Å². The molecule has 2 atom stereocenters. The van der Waals surface area contributed by atoms with E-state index in [1.54, 1.807) is 13.8 Å². The number of hydrogen-bond donors (Lipinski definition) is 0. The molecule has 0 heterocycles. The molecular weight excluding hydrogens is 202 g/mol. The molecule has 0 aliphatic carbocycles. The molecule has 0 aromatic rings.